The van der Waals surface area contributed by atoms with Gasteiger partial charge in [-0.15, -0.1) is 0 Å². The van der Waals surface area contributed by atoms with Crippen LogP contribution in [0.15, 0.2) is 11.0 Å². The highest BCUT2D eigenvalue weighted by atomic mass is 16.2. The lowest BCUT2D eigenvalue weighted by Crippen LogP contribution is -2.52. The Balaban J connectivity index is 1.61. The Labute approximate surface area is 156 Å². The predicted molar refractivity (Wildman–Crippen MR) is 97.4 cm³/mol. The van der Waals surface area contributed by atoms with Crippen molar-refractivity contribution in [1.82, 2.24) is 29.4 Å². The number of piperidine rings is 1. The molecule has 0 bridgehead atoms. The van der Waals surface area contributed by atoms with Crippen molar-refractivity contribution in [2.45, 2.75) is 46.1 Å². The van der Waals surface area contributed by atoms with Gasteiger partial charge in [0.15, 0.2) is 0 Å². The molecule has 0 unspecified atom stereocenters. The van der Waals surface area contributed by atoms with Crippen LogP contribution in [-0.2, 0) is 4.79 Å². The van der Waals surface area contributed by atoms with Crippen LogP contribution in [-0.4, -0.2) is 66.9 Å². The number of aryl methyl sites for hydroxylation is 1. The van der Waals surface area contributed by atoms with Crippen molar-refractivity contribution in [1.29, 1.82) is 0 Å². The normalized spacial score (nSPS) is 23.2. The molecular formula is C18H24N6O3. The third kappa shape index (κ3) is 2.72. The van der Waals surface area contributed by atoms with Gasteiger partial charge in [-0.2, -0.15) is 9.50 Å². The van der Waals surface area contributed by atoms with Crippen molar-refractivity contribution in [3.8, 4) is 0 Å². The van der Waals surface area contributed by atoms with Crippen LogP contribution in [0.3, 0.4) is 0 Å². The summed E-state index contributed by atoms with van der Waals surface area (Å²) in [6, 6.07) is 0.152. The van der Waals surface area contributed by atoms with Crippen LogP contribution in [0.5, 0.6) is 0 Å². The Kier molecular flexibility index (Phi) is 4.05. The number of amides is 2. The SMILES string of the molecule is Cc1nc2ncc(C(=O)N3CC[C@]4(CCCN(C(C)C)C4=O)C3)c(=O)n2[nH]1. The Morgan fingerprint density at radius 3 is 2.78 bits per heavy atom. The molecule has 0 saturated carbocycles. The molecule has 4 rings (SSSR count). The Morgan fingerprint density at radius 1 is 1.26 bits per heavy atom. The minimum Gasteiger partial charge on any atom is -0.340 e. The summed E-state index contributed by atoms with van der Waals surface area (Å²) in [5.41, 5.74) is -0.987. The number of likely N-dealkylation sites (tertiary alicyclic amines) is 2. The van der Waals surface area contributed by atoms with Gasteiger partial charge in [-0.1, -0.05) is 0 Å². The van der Waals surface area contributed by atoms with E-state index in [2.05, 4.69) is 15.1 Å². The molecule has 0 aliphatic carbocycles. The van der Waals surface area contributed by atoms with E-state index >= 15 is 0 Å². The van der Waals surface area contributed by atoms with Gasteiger partial charge >= 0.3 is 0 Å². The zero-order valence-corrected chi connectivity index (χ0v) is 15.9. The van der Waals surface area contributed by atoms with Gasteiger partial charge in [0.1, 0.15) is 11.4 Å². The zero-order chi connectivity index (χ0) is 19.3. The topological polar surface area (TPSA) is 104 Å². The molecule has 2 saturated heterocycles. The molecule has 2 aliphatic rings. The first-order valence-corrected chi connectivity index (χ1v) is 9.37. The van der Waals surface area contributed by atoms with E-state index in [0.717, 1.165) is 19.4 Å². The number of hydrogen-bond donors (Lipinski definition) is 1. The van der Waals surface area contributed by atoms with Gasteiger partial charge < -0.3 is 9.80 Å². The average molecular weight is 372 g/mol. The smallest absolute Gasteiger partial charge is 0.286 e. The average Bonchev–Trinajstić information content (AvgIpc) is 3.21. The Bertz CT molecular complexity index is 977. The maximum absolute atomic E-state index is 13.0. The lowest BCUT2D eigenvalue weighted by molar-refractivity contribution is -0.147. The summed E-state index contributed by atoms with van der Waals surface area (Å²) in [7, 11) is 0. The summed E-state index contributed by atoms with van der Waals surface area (Å²) in [6.07, 6.45) is 3.65. The third-order valence-electron chi connectivity index (χ3n) is 5.75. The molecule has 2 aromatic rings. The zero-order valence-electron chi connectivity index (χ0n) is 15.9. The van der Waals surface area contributed by atoms with Crippen molar-refractivity contribution < 1.29 is 9.59 Å². The Hall–Kier alpha value is -2.71. The number of H-pyrrole nitrogens is 1. The molecule has 9 heteroatoms. The summed E-state index contributed by atoms with van der Waals surface area (Å²) in [4.78, 5) is 50.4. The van der Waals surface area contributed by atoms with Gasteiger partial charge in [-0.05, 0) is 40.0 Å². The highest BCUT2D eigenvalue weighted by Crippen LogP contribution is 2.40. The van der Waals surface area contributed by atoms with Crippen molar-refractivity contribution in [2.75, 3.05) is 19.6 Å². The number of aromatic amines is 1. The van der Waals surface area contributed by atoms with Crippen LogP contribution in [0.4, 0.5) is 0 Å². The molecule has 2 aliphatic heterocycles. The van der Waals surface area contributed by atoms with E-state index in [0.29, 0.717) is 25.3 Å². The number of fused-ring (bicyclic) bond motifs is 1. The standard InChI is InChI=1S/C18H24N6O3/c1-11(2)23-7-4-5-18(16(23)27)6-8-22(10-18)14(25)13-9-19-17-20-12(3)21-24(17)15(13)26/h9,11H,4-8,10H2,1-3H3,(H,19,20,21)/t18-/m1/s1. The summed E-state index contributed by atoms with van der Waals surface area (Å²) >= 11 is 0. The van der Waals surface area contributed by atoms with Gasteiger partial charge in [-0.25, -0.2) is 4.98 Å². The molecule has 2 aromatic heterocycles. The van der Waals surface area contributed by atoms with Crippen LogP contribution in [0.1, 0.15) is 49.3 Å². The minimum atomic E-state index is -0.517. The van der Waals surface area contributed by atoms with Gasteiger partial charge in [-0.3, -0.25) is 19.5 Å². The second-order valence-electron chi connectivity index (χ2n) is 7.87. The van der Waals surface area contributed by atoms with Crippen LogP contribution in [0.2, 0.25) is 0 Å². The maximum Gasteiger partial charge on any atom is 0.286 e. The third-order valence-corrected chi connectivity index (χ3v) is 5.75. The van der Waals surface area contributed by atoms with E-state index in [1.54, 1.807) is 11.8 Å². The molecular weight excluding hydrogens is 348 g/mol. The van der Waals surface area contributed by atoms with E-state index in [1.165, 1.54) is 10.7 Å². The molecule has 9 nitrogen and oxygen atoms in total. The largest absolute Gasteiger partial charge is 0.340 e. The molecule has 1 spiro atoms. The monoisotopic (exact) mass is 372 g/mol. The highest BCUT2D eigenvalue weighted by Gasteiger charge is 2.50. The number of carbonyl (C=O) groups is 2. The number of nitrogens with one attached hydrogen (secondary N) is 1. The fraction of sp³-hybridized carbons (Fsp3) is 0.611. The molecule has 0 aromatic carbocycles. The molecule has 1 atom stereocenters. The van der Waals surface area contributed by atoms with Crippen molar-refractivity contribution in [3.05, 3.63) is 27.9 Å². The van der Waals surface area contributed by atoms with E-state index in [-0.39, 0.29) is 29.2 Å². The summed E-state index contributed by atoms with van der Waals surface area (Å²) in [5.74, 6) is 0.543. The Morgan fingerprint density at radius 2 is 2.04 bits per heavy atom. The molecule has 2 fully saturated rings. The lowest BCUT2D eigenvalue weighted by Gasteiger charge is -2.41. The van der Waals surface area contributed by atoms with Crippen LogP contribution >= 0.6 is 0 Å². The van der Waals surface area contributed by atoms with Crippen LogP contribution < -0.4 is 5.56 Å². The number of aromatic nitrogens is 4. The first-order chi connectivity index (χ1) is 12.8. The van der Waals surface area contributed by atoms with E-state index in [9.17, 15) is 14.4 Å². The van der Waals surface area contributed by atoms with Crippen molar-refractivity contribution in [3.63, 3.8) is 0 Å². The second-order valence-corrected chi connectivity index (χ2v) is 7.87. The lowest BCUT2D eigenvalue weighted by atomic mass is 9.78. The van der Waals surface area contributed by atoms with Gasteiger partial charge in [0.2, 0.25) is 5.91 Å². The summed E-state index contributed by atoms with van der Waals surface area (Å²) in [5, 5.41) is 2.79. The predicted octanol–water partition coefficient (Wildman–Crippen LogP) is 0.589. The molecule has 144 valence electrons. The van der Waals surface area contributed by atoms with E-state index in [4.69, 9.17) is 0 Å². The summed E-state index contributed by atoms with van der Waals surface area (Å²) < 4.78 is 1.18. The minimum absolute atomic E-state index is 0.00262. The highest BCUT2D eigenvalue weighted by molar-refractivity contribution is 5.95. The second kappa shape index (κ2) is 6.17. The van der Waals surface area contributed by atoms with Gasteiger partial charge in [0.25, 0.3) is 17.2 Å². The van der Waals surface area contributed by atoms with Gasteiger partial charge in [0, 0.05) is 31.9 Å². The number of nitrogens with zero attached hydrogens (tertiary/aromatic N) is 5. The number of rotatable bonds is 2. The van der Waals surface area contributed by atoms with E-state index < -0.39 is 11.0 Å². The van der Waals surface area contributed by atoms with Crippen LogP contribution in [0.25, 0.3) is 5.78 Å². The fourth-order valence-electron chi connectivity index (χ4n) is 4.30. The van der Waals surface area contributed by atoms with Gasteiger partial charge in [0.05, 0.1) is 5.41 Å². The fourth-order valence-corrected chi connectivity index (χ4v) is 4.30. The summed E-state index contributed by atoms with van der Waals surface area (Å²) in [6.45, 7) is 7.35. The first kappa shape index (κ1) is 17.7. The van der Waals surface area contributed by atoms with Crippen molar-refractivity contribution >= 4 is 17.6 Å². The number of hydrogen-bond acceptors (Lipinski definition) is 5. The van der Waals surface area contributed by atoms with Crippen LogP contribution in [0, 0.1) is 12.3 Å². The maximum atomic E-state index is 13.0. The van der Waals surface area contributed by atoms with E-state index in [1.807, 2.05) is 18.7 Å². The van der Waals surface area contributed by atoms with Crippen molar-refractivity contribution in [2.24, 2.45) is 5.41 Å². The quantitative estimate of drug-likeness (QED) is 0.831. The molecule has 0 radical (unpaired) electrons. The number of carbonyl (C=O) groups excluding carboxylic acids is 2. The molecule has 27 heavy (non-hydrogen) atoms. The molecule has 4 heterocycles. The molecule has 1 N–H and O–H groups in total. The first-order valence-electron chi connectivity index (χ1n) is 9.37. The molecule has 2 amide bonds.